The topological polar surface area (TPSA) is 96.9 Å². The van der Waals surface area contributed by atoms with Gasteiger partial charge < -0.3 is 10.6 Å². The van der Waals surface area contributed by atoms with Crippen molar-refractivity contribution >= 4 is 11.8 Å². The molecule has 1 aromatic heterocycles. The Hall–Kier alpha value is -2.05. The lowest BCUT2D eigenvalue weighted by Crippen LogP contribution is -2.60. The molecule has 0 spiro atoms. The van der Waals surface area contributed by atoms with Crippen LogP contribution in [-0.4, -0.2) is 38.1 Å². The van der Waals surface area contributed by atoms with E-state index in [1.165, 1.54) is 44.7 Å². The highest BCUT2D eigenvalue weighted by Gasteiger charge is 2.53. The van der Waals surface area contributed by atoms with Crippen LogP contribution >= 0.6 is 0 Å². The maximum Gasteiger partial charge on any atom is 0.291 e. The number of nitrogens with zero attached hydrogens (tertiary/aromatic N) is 3. The van der Waals surface area contributed by atoms with E-state index >= 15 is 0 Å². The van der Waals surface area contributed by atoms with Gasteiger partial charge in [-0.1, -0.05) is 0 Å². The van der Waals surface area contributed by atoms with Gasteiger partial charge in [0.15, 0.2) is 5.69 Å². The number of carbonyl (C=O) groups is 2. The van der Waals surface area contributed by atoms with Gasteiger partial charge >= 0.3 is 0 Å². The summed E-state index contributed by atoms with van der Waals surface area (Å²) < 4.78 is 0. The summed E-state index contributed by atoms with van der Waals surface area (Å²) in [6, 6.07) is 0. The van der Waals surface area contributed by atoms with Gasteiger partial charge in [0.05, 0.1) is 6.20 Å². The van der Waals surface area contributed by atoms with E-state index in [0.717, 1.165) is 74.0 Å². The van der Waals surface area contributed by atoms with Crippen molar-refractivity contribution in [2.75, 3.05) is 0 Å². The Morgan fingerprint density at radius 2 is 1.06 bits per heavy atom. The molecule has 0 aromatic carbocycles. The smallest absolute Gasteiger partial charge is 0.291 e. The van der Waals surface area contributed by atoms with Crippen molar-refractivity contribution in [3.63, 3.8) is 0 Å². The normalized spacial score (nSPS) is 45.1. The molecule has 0 unspecified atom stereocenters. The fraction of sp³-hybridized carbons (Fsp3) is 0.800. The van der Waals surface area contributed by atoms with E-state index in [2.05, 4.69) is 25.8 Å². The monoisotopic (exact) mass is 435 g/mol. The maximum atomic E-state index is 13.0. The Labute approximate surface area is 188 Å². The van der Waals surface area contributed by atoms with Crippen molar-refractivity contribution in [1.82, 2.24) is 25.8 Å². The molecule has 0 radical (unpaired) electrons. The number of aromatic nitrogens is 3. The number of amides is 2. The molecule has 8 bridgehead atoms. The number of nitrogens with one attached hydrogen (secondary N) is 2. The molecule has 0 saturated heterocycles. The predicted octanol–water partition coefficient (Wildman–Crippen LogP) is 3.27. The van der Waals surface area contributed by atoms with Gasteiger partial charge in [-0.3, -0.25) is 9.59 Å². The van der Waals surface area contributed by atoms with Crippen LogP contribution in [0.1, 0.15) is 98.2 Å². The zero-order valence-corrected chi connectivity index (χ0v) is 18.7. The van der Waals surface area contributed by atoms with Crippen LogP contribution in [0.3, 0.4) is 0 Å². The Morgan fingerprint density at radius 3 is 1.44 bits per heavy atom. The highest BCUT2D eigenvalue weighted by molar-refractivity contribution is 5.93. The minimum Gasteiger partial charge on any atom is -0.345 e. The first kappa shape index (κ1) is 19.4. The quantitative estimate of drug-likeness (QED) is 0.757. The van der Waals surface area contributed by atoms with Crippen LogP contribution in [0, 0.1) is 35.5 Å². The first-order valence-electron chi connectivity index (χ1n) is 12.8. The van der Waals surface area contributed by atoms with E-state index in [4.69, 9.17) is 0 Å². The molecule has 8 aliphatic rings. The molecule has 8 fully saturated rings. The average molecular weight is 436 g/mol. The van der Waals surface area contributed by atoms with Crippen LogP contribution in [0.15, 0.2) is 6.20 Å². The minimum atomic E-state index is -0.243. The Kier molecular flexibility index (Phi) is 4.09. The van der Waals surface area contributed by atoms with Crippen LogP contribution in [0.5, 0.6) is 0 Å². The number of hydrogen-bond donors (Lipinski definition) is 2. The molecule has 2 N–H and O–H groups in total. The fourth-order valence-corrected chi connectivity index (χ4v) is 9.61. The van der Waals surface area contributed by atoms with Crippen LogP contribution in [0.2, 0.25) is 0 Å². The summed E-state index contributed by atoms with van der Waals surface area (Å²) in [5.74, 6) is 4.22. The van der Waals surface area contributed by atoms with Crippen molar-refractivity contribution in [3.8, 4) is 0 Å². The third kappa shape index (κ3) is 3.18. The third-order valence-electron chi connectivity index (χ3n) is 9.83. The molecule has 7 nitrogen and oxygen atoms in total. The van der Waals surface area contributed by atoms with Gasteiger partial charge in [-0.15, -0.1) is 10.2 Å². The third-order valence-corrected chi connectivity index (χ3v) is 9.83. The Balaban J connectivity index is 1.03. The second kappa shape index (κ2) is 6.73. The van der Waals surface area contributed by atoms with Gasteiger partial charge in [-0.25, -0.2) is 4.98 Å². The Morgan fingerprint density at radius 1 is 0.656 bits per heavy atom. The van der Waals surface area contributed by atoms with Crippen molar-refractivity contribution in [2.45, 2.75) is 88.1 Å². The number of carbonyl (C=O) groups excluding carboxylic acids is 2. The van der Waals surface area contributed by atoms with Crippen molar-refractivity contribution < 1.29 is 9.59 Å². The van der Waals surface area contributed by atoms with Crippen LogP contribution in [0.25, 0.3) is 0 Å². The lowest BCUT2D eigenvalue weighted by molar-refractivity contribution is -0.0174. The molecule has 1 aromatic rings. The molecule has 1 heterocycles. The van der Waals surface area contributed by atoms with Gasteiger partial charge in [-0.2, -0.15) is 0 Å². The molecule has 8 saturated carbocycles. The van der Waals surface area contributed by atoms with Gasteiger partial charge in [0.2, 0.25) is 5.82 Å². The van der Waals surface area contributed by atoms with Crippen molar-refractivity contribution in [3.05, 3.63) is 17.7 Å². The highest BCUT2D eigenvalue weighted by Crippen LogP contribution is 2.56. The van der Waals surface area contributed by atoms with E-state index < -0.39 is 0 Å². The van der Waals surface area contributed by atoms with E-state index in [-0.39, 0.29) is 34.4 Å². The summed E-state index contributed by atoms with van der Waals surface area (Å²) in [4.78, 5) is 30.1. The van der Waals surface area contributed by atoms with E-state index in [1.54, 1.807) is 0 Å². The summed E-state index contributed by atoms with van der Waals surface area (Å²) in [6.07, 6.45) is 16.0. The summed E-state index contributed by atoms with van der Waals surface area (Å²) in [5.41, 5.74) is 0.0679. The first-order valence-corrected chi connectivity index (χ1v) is 12.8. The standard InChI is InChI=1S/C25H33N5O2/c31-22(27-24-7-14-1-15(8-24)3-16(2-14)9-24)20-13-26-21(30-29-20)23(32)28-25-10-17-4-18(11-25)6-19(5-17)12-25/h13-19H,1-12H2,(H,27,31)(H,28,32). The molecule has 8 aliphatic carbocycles. The Bertz CT molecular complexity index is 810. The van der Waals surface area contributed by atoms with Crippen LogP contribution in [0.4, 0.5) is 0 Å². The van der Waals surface area contributed by atoms with E-state index in [9.17, 15) is 9.59 Å². The van der Waals surface area contributed by atoms with E-state index in [0.29, 0.717) is 0 Å². The van der Waals surface area contributed by atoms with E-state index in [1.807, 2.05) is 0 Å². The molecule has 9 rings (SSSR count). The molecule has 7 heteroatoms. The van der Waals surface area contributed by atoms with Crippen LogP contribution in [-0.2, 0) is 0 Å². The summed E-state index contributed by atoms with van der Waals surface area (Å²) in [7, 11) is 0. The average Bonchev–Trinajstić information content (AvgIpc) is 2.71. The van der Waals surface area contributed by atoms with Crippen molar-refractivity contribution in [1.29, 1.82) is 0 Å². The minimum absolute atomic E-state index is 0.0674. The highest BCUT2D eigenvalue weighted by atomic mass is 16.2. The van der Waals surface area contributed by atoms with Gasteiger partial charge in [0.25, 0.3) is 11.8 Å². The maximum absolute atomic E-state index is 13.0. The zero-order chi connectivity index (χ0) is 21.5. The molecule has 0 aliphatic heterocycles. The summed E-state index contributed by atoms with van der Waals surface area (Å²) in [5, 5.41) is 14.8. The van der Waals surface area contributed by atoms with Gasteiger partial charge in [-0.05, 0) is 113 Å². The largest absolute Gasteiger partial charge is 0.345 e. The predicted molar refractivity (Wildman–Crippen MR) is 117 cm³/mol. The second-order valence-corrected chi connectivity index (χ2v) is 12.5. The van der Waals surface area contributed by atoms with Crippen molar-refractivity contribution in [2.24, 2.45) is 35.5 Å². The fourth-order valence-electron chi connectivity index (χ4n) is 9.61. The zero-order valence-electron chi connectivity index (χ0n) is 18.7. The molecular weight excluding hydrogens is 402 g/mol. The molecular formula is C25H33N5O2. The lowest BCUT2D eigenvalue weighted by Gasteiger charge is -2.56. The first-order chi connectivity index (χ1) is 15.4. The number of rotatable bonds is 4. The van der Waals surface area contributed by atoms with Crippen LogP contribution < -0.4 is 10.6 Å². The molecule has 170 valence electrons. The molecule has 2 amide bonds. The summed E-state index contributed by atoms with van der Waals surface area (Å²) >= 11 is 0. The van der Waals surface area contributed by atoms with Gasteiger partial charge in [0.1, 0.15) is 0 Å². The lowest BCUT2D eigenvalue weighted by atomic mass is 9.53. The molecule has 32 heavy (non-hydrogen) atoms. The molecule has 0 atom stereocenters. The summed E-state index contributed by atoms with van der Waals surface area (Å²) in [6.45, 7) is 0. The second-order valence-electron chi connectivity index (χ2n) is 12.5. The number of hydrogen-bond acceptors (Lipinski definition) is 5. The SMILES string of the molecule is O=C(NC12CC3CC(CC(C3)C1)C2)c1cnc(C(=O)NC23CC4CC(CC(C4)C2)C3)nn1. The van der Waals surface area contributed by atoms with Gasteiger partial charge in [0, 0.05) is 11.1 Å².